The minimum absolute atomic E-state index is 0.524. The summed E-state index contributed by atoms with van der Waals surface area (Å²) in [6, 6.07) is 7.98. The lowest BCUT2D eigenvalue weighted by Gasteiger charge is -2.08. The van der Waals surface area contributed by atoms with E-state index in [0.29, 0.717) is 59.4 Å². The van der Waals surface area contributed by atoms with Gasteiger partial charge in [-0.25, -0.2) is 0 Å². The molecule has 6 heteroatoms. The number of nitrogens with two attached hydrogens (primary N) is 1. The fourth-order valence-electron chi connectivity index (χ4n) is 1.82. The number of hydrogen-bond donors (Lipinski definition) is 1. The van der Waals surface area contributed by atoms with Gasteiger partial charge in [-0.1, -0.05) is 12.1 Å². The van der Waals surface area contributed by atoms with Gasteiger partial charge in [0.15, 0.2) is 0 Å². The molecule has 0 atom stereocenters. The van der Waals surface area contributed by atoms with Gasteiger partial charge in [0.25, 0.3) is 0 Å². The zero-order chi connectivity index (χ0) is 16.6. The first kappa shape index (κ1) is 19.9. The van der Waals surface area contributed by atoms with Crippen molar-refractivity contribution in [2.24, 2.45) is 5.73 Å². The highest BCUT2D eigenvalue weighted by Gasteiger charge is 1.96. The number of benzene rings is 1. The van der Waals surface area contributed by atoms with Gasteiger partial charge in [0.2, 0.25) is 0 Å². The Balaban J connectivity index is 1.87. The molecule has 0 heterocycles. The monoisotopic (exact) mass is 327 g/mol. The highest BCUT2D eigenvalue weighted by Crippen LogP contribution is 2.12. The molecule has 0 bridgehead atoms. The van der Waals surface area contributed by atoms with Crippen LogP contribution in [0.5, 0.6) is 5.75 Å². The minimum atomic E-state index is 0.524. The maximum Gasteiger partial charge on any atom is 0.119 e. The molecule has 0 fully saturated rings. The van der Waals surface area contributed by atoms with Crippen molar-refractivity contribution in [2.75, 3.05) is 66.5 Å². The van der Waals surface area contributed by atoms with Gasteiger partial charge in [-0.05, 0) is 30.7 Å². The van der Waals surface area contributed by atoms with Crippen LogP contribution in [0.3, 0.4) is 0 Å². The summed E-state index contributed by atoms with van der Waals surface area (Å²) in [6.45, 7) is 5.19. The summed E-state index contributed by atoms with van der Waals surface area (Å²) < 4.78 is 26.5. The van der Waals surface area contributed by atoms with Crippen LogP contribution in [0.25, 0.3) is 0 Å². The van der Waals surface area contributed by atoms with Gasteiger partial charge in [0.05, 0.1) is 46.2 Å². The van der Waals surface area contributed by atoms with E-state index in [1.165, 1.54) is 5.56 Å². The SMILES string of the molecule is COCCOCCOCCOCCOc1ccc(CCN)cc1. The van der Waals surface area contributed by atoms with E-state index in [-0.39, 0.29) is 0 Å². The number of methoxy groups -OCH3 is 1. The molecule has 1 aromatic carbocycles. The molecule has 2 N–H and O–H groups in total. The molecule has 0 spiro atoms. The fraction of sp³-hybridized carbons (Fsp3) is 0.647. The molecule has 0 unspecified atom stereocenters. The second kappa shape index (κ2) is 14.4. The predicted octanol–water partition coefficient (Wildman–Crippen LogP) is 1.26. The van der Waals surface area contributed by atoms with E-state index in [1.54, 1.807) is 7.11 Å². The van der Waals surface area contributed by atoms with Gasteiger partial charge in [-0.15, -0.1) is 0 Å². The number of ether oxygens (including phenoxy) is 5. The average Bonchev–Trinajstić information content (AvgIpc) is 2.57. The van der Waals surface area contributed by atoms with Crippen LogP contribution < -0.4 is 10.5 Å². The van der Waals surface area contributed by atoms with Gasteiger partial charge in [0, 0.05) is 7.11 Å². The van der Waals surface area contributed by atoms with Gasteiger partial charge >= 0.3 is 0 Å². The first-order valence-corrected chi connectivity index (χ1v) is 8.00. The van der Waals surface area contributed by atoms with Crippen molar-refractivity contribution >= 4 is 0 Å². The lowest BCUT2D eigenvalue weighted by atomic mass is 10.1. The van der Waals surface area contributed by atoms with Crippen molar-refractivity contribution in [1.82, 2.24) is 0 Å². The summed E-state index contributed by atoms with van der Waals surface area (Å²) in [5, 5.41) is 0. The molecule has 6 nitrogen and oxygen atoms in total. The molecule has 1 rings (SSSR count). The van der Waals surface area contributed by atoms with Crippen LogP contribution in [-0.2, 0) is 25.4 Å². The van der Waals surface area contributed by atoms with Gasteiger partial charge < -0.3 is 29.4 Å². The van der Waals surface area contributed by atoms with Gasteiger partial charge in [-0.2, -0.15) is 0 Å². The Hall–Kier alpha value is -1.18. The van der Waals surface area contributed by atoms with Gasteiger partial charge in [0.1, 0.15) is 12.4 Å². The van der Waals surface area contributed by atoms with Crippen molar-refractivity contribution in [3.05, 3.63) is 29.8 Å². The van der Waals surface area contributed by atoms with Crippen LogP contribution in [0.15, 0.2) is 24.3 Å². The van der Waals surface area contributed by atoms with Crippen LogP contribution in [0.2, 0.25) is 0 Å². The molecule has 0 saturated heterocycles. The first-order valence-electron chi connectivity index (χ1n) is 8.00. The maximum absolute atomic E-state index is 5.59. The number of rotatable bonds is 15. The molecule has 0 aliphatic carbocycles. The highest BCUT2D eigenvalue weighted by atomic mass is 16.6. The van der Waals surface area contributed by atoms with Crippen molar-refractivity contribution in [1.29, 1.82) is 0 Å². The van der Waals surface area contributed by atoms with Gasteiger partial charge in [-0.3, -0.25) is 0 Å². The van der Waals surface area contributed by atoms with E-state index < -0.39 is 0 Å². The van der Waals surface area contributed by atoms with Crippen LogP contribution in [0.4, 0.5) is 0 Å². The zero-order valence-electron chi connectivity index (χ0n) is 14.0. The Morgan fingerprint density at radius 1 is 0.739 bits per heavy atom. The quantitative estimate of drug-likeness (QED) is 0.489. The molecule has 0 aromatic heterocycles. The van der Waals surface area contributed by atoms with E-state index in [2.05, 4.69) is 0 Å². The Bertz CT molecular complexity index is 372. The van der Waals surface area contributed by atoms with Crippen molar-refractivity contribution < 1.29 is 23.7 Å². The molecule has 1 aromatic rings. The summed E-state index contributed by atoms with van der Waals surface area (Å²) >= 11 is 0. The Morgan fingerprint density at radius 2 is 1.26 bits per heavy atom. The Morgan fingerprint density at radius 3 is 1.78 bits per heavy atom. The molecule has 132 valence electrons. The molecule has 0 saturated carbocycles. The normalized spacial score (nSPS) is 10.9. The molecule has 0 radical (unpaired) electrons. The zero-order valence-corrected chi connectivity index (χ0v) is 14.0. The molecule has 23 heavy (non-hydrogen) atoms. The van der Waals surface area contributed by atoms with Crippen LogP contribution >= 0.6 is 0 Å². The highest BCUT2D eigenvalue weighted by molar-refractivity contribution is 5.27. The van der Waals surface area contributed by atoms with Crippen molar-refractivity contribution in [2.45, 2.75) is 6.42 Å². The number of hydrogen-bond acceptors (Lipinski definition) is 6. The maximum atomic E-state index is 5.59. The van der Waals surface area contributed by atoms with Crippen LogP contribution in [0.1, 0.15) is 5.56 Å². The summed E-state index contributed by atoms with van der Waals surface area (Å²) in [5.41, 5.74) is 6.73. The molecule has 0 aliphatic heterocycles. The Labute approximate surface area is 138 Å². The second-order valence-electron chi connectivity index (χ2n) is 4.86. The smallest absolute Gasteiger partial charge is 0.119 e. The van der Waals surface area contributed by atoms with E-state index in [9.17, 15) is 0 Å². The summed E-state index contributed by atoms with van der Waals surface area (Å²) in [4.78, 5) is 0. The summed E-state index contributed by atoms with van der Waals surface area (Å²) in [5.74, 6) is 0.846. The van der Waals surface area contributed by atoms with E-state index in [1.807, 2.05) is 24.3 Å². The summed E-state index contributed by atoms with van der Waals surface area (Å²) in [6.07, 6.45) is 0.890. The van der Waals surface area contributed by atoms with E-state index >= 15 is 0 Å². The molecular formula is C17H29NO5. The fourth-order valence-corrected chi connectivity index (χ4v) is 1.82. The average molecular weight is 327 g/mol. The van der Waals surface area contributed by atoms with Crippen LogP contribution in [-0.4, -0.2) is 66.5 Å². The molecular weight excluding hydrogens is 298 g/mol. The molecule has 0 aliphatic rings. The van der Waals surface area contributed by atoms with Crippen molar-refractivity contribution in [3.63, 3.8) is 0 Å². The lowest BCUT2D eigenvalue weighted by Crippen LogP contribution is -2.13. The third-order valence-corrected chi connectivity index (χ3v) is 3.03. The van der Waals surface area contributed by atoms with Crippen LogP contribution in [0, 0.1) is 0 Å². The second-order valence-corrected chi connectivity index (χ2v) is 4.86. The molecule has 0 amide bonds. The third kappa shape index (κ3) is 11.1. The van der Waals surface area contributed by atoms with E-state index in [0.717, 1.165) is 12.2 Å². The lowest BCUT2D eigenvalue weighted by molar-refractivity contribution is 0.000163. The topological polar surface area (TPSA) is 72.2 Å². The van der Waals surface area contributed by atoms with Crippen molar-refractivity contribution in [3.8, 4) is 5.75 Å². The Kier molecular flexibility index (Phi) is 12.5. The largest absolute Gasteiger partial charge is 0.491 e. The minimum Gasteiger partial charge on any atom is -0.491 e. The van der Waals surface area contributed by atoms with E-state index in [4.69, 9.17) is 29.4 Å². The predicted molar refractivity (Wildman–Crippen MR) is 89.0 cm³/mol. The third-order valence-electron chi connectivity index (χ3n) is 3.03. The summed E-state index contributed by atoms with van der Waals surface area (Å²) in [7, 11) is 1.65. The first-order chi connectivity index (χ1) is 11.4. The standard InChI is InChI=1S/C17H29NO5/c1-19-8-9-20-10-11-21-12-13-22-14-15-23-17-4-2-16(3-5-17)6-7-18/h2-5H,6-15,18H2,1H3.